The predicted molar refractivity (Wildman–Crippen MR) is 134 cm³/mol. The Morgan fingerprint density at radius 1 is 0.971 bits per heavy atom. The summed E-state index contributed by atoms with van der Waals surface area (Å²) >= 11 is 0. The number of aromatic nitrogens is 1. The molecule has 0 bridgehead atoms. The lowest BCUT2D eigenvalue weighted by atomic mass is 9.87. The van der Waals surface area contributed by atoms with E-state index in [1.165, 1.54) is 10.6 Å². The first kappa shape index (κ1) is 24.0. The first-order valence-corrected chi connectivity index (χ1v) is 12.7. The molecule has 2 aromatic carbocycles. The van der Waals surface area contributed by atoms with Gasteiger partial charge in [-0.05, 0) is 72.4 Å². The van der Waals surface area contributed by atoms with Crippen molar-refractivity contribution >= 4 is 20.9 Å². The van der Waals surface area contributed by atoms with Gasteiger partial charge in [-0.25, -0.2) is 8.42 Å². The summed E-state index contributed by atoms with van der Waals surface area (Å²) in [6.45, 7) is 10.1. The van der Waals surface area contributed by atoms with Crippen LogP contribution in [-0.4, -0.2) is 17.7 Å². The van der Waals surface area contributed by atoms with E-state index in [1.807, 2.05) is 38.1 Å². The fraction of sp³-hybridized carbons (Fsp3) is 0.296. The maximum Gasteiger partial charge on any atom is 0.252 e. The number of furan rings is 1. The molecule has 6 nitrogen and oxygen atoms in total. The fourth-order valence-corrected chi connectivity index (χ4v) is 5.49. The standard InChI is InChI=1S/C27H30N2O4S/c1-18-13-19(2)24-15-20(26(30)28-25(24)14-18)16-29(17-22-7-6-12-33-22)34(31,32)23-10-8-21(9-11-23)27(3,4)5/h6-15H,16-17H2,1-5H3,(H,28,30). The second-order valence-corrected chi connectivity index (χ2v) is 11.7. The van der Waals surface area contributed by atoms with Crippen LogP contribution in [0.3, 0.4) is 0 Å². The molecule has 0 aliphatic carbocycles. The molecule has 0 amide bonds. The molecule has 0 unspecified atom stereocenters. The molecule has 4 aromatic rings. The van der Waals surface area contributed by atoms with Crippen LogP contribution in [0.25, 0.3) is 10.9 Å². The van der Waals surface area contributed by atoms with Crippen LogP contribution in [0.1, 0.15) is 48.8 Å². The van der Waals surface area contributed by atoms with Crippen LogP contribution < -0.4 is 5.56 Å². The van der Waals surface area contributed by atoms with Crippen LogP contribution in [0.4, 0.5) is 0 Å². The van der Waals surface area contributed by atoms with Crippen molar-refractivity contribution in [3.63, 3.8) is 0 Å². The molecule has 0 saturated carbocycles. The van der Waals surface area contributed by atoms with Crippen molar-refractivity contribution in [1.82, 2.24) is 9.29 Å². The monoisotopic (exact) mass is 478 g/mol. The molecule has 178 valence electrons. The molecule has 0 fully saturated rings. The molecule has 34 heavy (non-hydrogen) atoms. The number of nitrogens with zero attached hydrogens (tertiary/aromatic N) is 1. The lowest BCUT2D eigenvalue weighted by Gasteiger charge is -2.23. The Morgan fingerprint density at radius 2 is 1.68 bits per heavy atom. The first-order chi connectivity index (χ1) is 15.9. The van der Waals surface area contributed by atoms with Gasteiger partial charge in [-0.15, -0.1) is 0 Å². The number of hydrogen-bond acceptors (Lipinski definition) is 4. The zero-order valence-corrected chi connectivity index (χ0v) is 21.0. The number of fused-ring (bicyclic) bond motifs is 1. The average molecular weight is 479 g/mol. The minimum absolute atomic E-state index is 0.0146. The van der Waals surface area contributed by atoms with E-state index in [-0.39, 0.29) is 29.0 Å². The highest BCUT2D eigenvalue weighted by Gasteiger charge is 2.27. The number of benzene rings is 2. The van der Waals surface area contributed by atoms with Gasteiger partial charge < -0.3 is 9.40 Å². The van der Waals surface area contributed by atoms with Gasteiger partial charge in [0.1, 0.15) is 5.76 Å². The Bertz CT molecular complexity index is 1480. The molecular formula is C27H30N2O4S. The minimum atomic E-state index is -3.90. The molecule has 7 heteroatoms. The highest BCUT2D eigenvalue weighted by Crippen LogP contribution is 2.27. The molecule has 0 spiro atoms. The largest absolute Gasteiger partial charge is 0.468 e. The van der Waals surface area contributed by atoms with Crippen LogP contribution >= 0.6 is 0 Å². The number of sulfonamides is 1. The summed E-state index contributed by atoms with van der Waals surface area (Å²) < 4.78 is 34.1. The molecule has 0 aliphatic rings. The van der Waals surface area contributed by atoms with Crippen LogP contribution in [0.5, 0.6) is 0 Å². The number of aryl methyl sites for hydroxylation is 2. The molecular weight excluding hydrogens is 448 g/mol. The summed E-state index contributed by atoms with van der Waals surface area (Å²) in [5, 5.41) is 0.894. The van der Waals surface area contributed by atoms with Crippen molar-refractivity contribution in [1.29, 1.82) is 0 Å². The van der Waals surface area contributed by atoms with Crippen molar-refractivity contribution < 1.29 is 12.8 Å². The summed E-state index contributed by atoms with van der Waals surface area (Å²) in [6, 6.07) is 16.1. The topological polar surface area (TPSA) is 83.4 Å². The van der Waals surface area contributed by atoms with Crippen molar-refractivity contribution in [2.24, 2.45) is 0 Å². The molecule has 4 rings (SSSR count). The zero-order valence-electron chi connectivity index (χ0n) is 20.2. The van der Waals surface area contributed by atoms with Crippen molar-refractivity contribution in [2.45, 2.75) is 58.0 Å². The van der Waals surface area contributed by atoms with E-state index in [0.717, 1.165) is 27.6 Å². The Morgan fingerprint density at radius 3 is 2.29 bits per heavy atom. The Kier molecular flexibility index (Phi) is 6.27. The summed E-state index contributed by atoms with van der Waals surface area (Å²) in [7, 11) is -3.90. The van der Waals surface area contributed by atoms with E-state index in [1.54, 1.807) is 30.3 Å². The van der Waals surface area contributed by atoms with Gasteiger partial charge in [-0.3, -0.25) is 4.79 Å². The Balaban J connectivity index is 1.76. The SMILES string of the molecule is Cc1cc(C)c2cc(CN(Cc3ccco3)S(=O)(=O)c3ccc(C(C)(C)C)cc3)c(=O)[nH]c2c1. The van der Waals surface area contributed by atoms with Crippen molar-refractivity contribution in [3.8, 4) is 0 Å². The second-order valence-electron chi connectivity index (χ2n) is 9.79. The van der Waals surface area contributed by atoms with Crippen LogP contribution in [0, 0.1) is 13.8 Å². The Labute approximate surface area is 200 Å². The zero-order chi connectivity index (χ0) is 24.7. The van der Waals surface area contributed by atoms with E-state index >= 15 is 0 Å². The number of rotatable bonds is 6. The molecule has 0 atom stereocenters. The number of pyridine rings is 1. The number of hydrogen-bond donors (Lipinski definition) is 1. The molecule has 0 radical (unpaired) electrons. The van der Waals surface area contributed by atoms with Crippen molar-refractivity contribution in [2.75, 3.05) is 0 Å². The molecule has 0 saturated heterocycles. The quantitative estimate of drug-likeness (QED) is 0.401. The third-order valence-corrected chi connectivity index (χ3v) is 7.81. The van der Waals surface area contributed by atoms with E-state index < -0.39 is 10.0 Å². The third kappa shape index (κ3) is 4.86. The van der Waals surface area contributed by atoms with Gasteiger partial charge in [0.25, 0.3) is 5.56 Å². The number of aromatic amines is 1. The number of nitrogens with one attached hydrogen (secondary N) is 1. The van der Waals surface area contributed by atoms with E-state index in [0.29, 0.717) is 11.3 Å². The Hall–Kier alpha value is -3.16. The maximum absolute atomic E-state index is 13.7. The van der Waals surface area contributed by atoms with Gasteiger partial charge in [0.05, 0.1) is 17.7 Å². The first-order valence-electron chi connectivity index (χ1n) is 11.2. The third-order valence-electron chi connectivity index (χ3n) is 6.01. The van der Waals surface area contributed by atoms with E-state index in [9.17, 15) is 13.2 Å². The smallest absolute Gasteiger partial charge is 0.252 e. The predicted octanol–water partition coefficient (Wildman–Crippen LogP) is 5.43. The maximum atomic E-state index is 13.7. The summed E-state index contributed by atoms with van der Waals surface area (Å²) in [5.74, 6) is 0.499. The van der Waals surface area contributed by atoms with Crippen molar-refractivity contribution in [3.05, 3.63) is 99.2 Å². The van der Waals surface area contributed by atoms with Gasteiger partial charge in [0.2, 0.25) is 10.0 Å². The second kappa shape index (κ2) is 8.89. The average Bonchev–Trinajstić information content (AvgIpc) is 3.26. The normalized spacial score (nSPS) is 12.5. The van der Waals surface area contributed by atoms with Crippen LogP contribution in [-0.2, 0) is 28.5 Å². The highest BCUT2D eigenvalue weighted by molar-refractivity contribution is 7.89. The van der Waals surface area contributed by atoms with Crippen LogP contribution in [0.15, 0.2) is 75.0 Å². The lowest BCUT2D eigenvalue weighted by molar-refractivity contribution is 0.357. The highest BCUT2D eigenvalue weighted by atomic mass is 32.2. The lowest BCUT2D eigenvalue weighted by Crippen LogP contribution is -2.32. The van der Waals surface area contributed by atoms with Gasteiger partial charge in [0, 0.05) is 23.0 Å². The summed E-state index contributed by atoms with van der Waals surface area (Å²) in [4.78, 5) is 16.0. The molecule has 2 heterocycles. The summed E-state index contributed by atoms with van der Waals surface area (Å²) in [5.41, 5.74) is 3.83. The minimum Gasteiger partial charge on any atom is -0.468 e. The fourth-order valence-electron chi connectivity index (χ4n) is 4.10. The summed E-state index contributed by atoms with van der Waals surface area (Å²) in [6.07, 6.45) is 1.51. The van der Waals surface area contributed by atoms with Gasteiger partial charge >= 0.3 is 0 Å². The molecule has 2 aromatic heterocycles. The van der Waals surface area contributed by atoms with E-state index in [2.05, 4.69) is 25.8 Å². The van der Waals surface area contributed by atoms with Gasteiger partial charge in [-0.2, -0.15) is 4.31 Å². The number of H-pyrrole nitrogens is 1. The molecule has 1 N–H and O–H groups in total. The van der Waals surface area contributed by atoms with Gasteiger partial charge in [0.15, 0.2) is 0 Å². The van der Waals surface area contributed by atoms with Crippen LogP contribution in [0.2, 0.25) is 0 Å². The van der Waals surface area contributed by atoms with Gasteiger partial charge in [-0.1, -0.05) is 39.0 Å². The molecule has 0 aliphatic heterocycles. The van der Waals surface area contributed by atoms with E-state index in [4.69, 9.17) is 4.42 Å².